The standard InChI is InChI=1S/C18H23FN2/c1-5-21(15-8-6-7-12(2)9-15)18-10-13(3)17(19)11-16(18)14(4)20/h6-11,14H,5,20H2,1-4H3. The first-order valence-corrected chi connectivity index (χ1v) is 7.33. The van der Waals surface area contributed by atoms with Crippen LogP contribution in [-0.4, -0.2) is 6.54 Å². The van der Waals surface area contributed by atoms with E-state index < -0.39 is 0 Å². The number of benzene rings is 2. The van der Waals surface area contributed by atoms with Gasteiger partial charge in [-0.15, -0.1) is 0 Å². The van der Waals surface area contributed by atoms with Crippen molar-refractivity contribution < 1.29 is 4.39 Å². The Morgan fingerprint density at radius 1 is 1.19 bits per heavy atom. The van der Waals surface area contributed by atoms with E-state index in [9.17, 15) is 4.39 Å². The maximum Gasteiger partial charge on any atom is 0.126 e. The van der Waals surface area contributed by atoms with Crippen molar-refractivity contribution in [1.82, 2.24) is 0 Å². The van der Waals surface area contributed by atoms with Crippen molar-refractivity contribution in [2.24, 2.45) is 5.73 Å². The Morgan fingerprint density at radius 3 is 2.48 bits per heavy atom. The zero-order chi connectivity index (χ0) is 15.6. The highest BCUT2D eigenvalue weighted by Crippen LogP contribution is 2.33. The number of halogens is 1. The zero-order valence-electron chi connectivity index (χ0n) is 13.2. The molecular formula is C18H23FN2. The predicted molar refractivity (Wildman–Crippen MR) is 87.6 cm³/mol. The van der Waals surface area contributed by atoms with Gasteiger partial charge in [0.05, 0.1) is 0 Å². The van der Waals surface area contributed by atoms with Crippen LogP contribution in [0.2, 0.25) is 0 Å². The predicted octanol–water partition coefficient (Wildman–Crippen LogP) is 4.62. The molecule has 1 atom stereocenters. The van der Waals surface area contributed by atoms with Crippen LogP contribution in [0, 0.1) is 19.7 Å². The molecule has 0 fully saturated rings. The van der Waals surface area contributed by atoms with Crippen LogP contribution >= 0.6 is 0 Å². The molecule has 2 N–H and O–H groups in total. The van der Waals surface area contributed by atoms with Gasteiger partial charge < -0.3 is 10.6 Å². The summed E-state index contributed by atoms with van der Waals surface area (Å²) in [6.45, 7) is 8.63. The van der Waals surface area contributed by atoms with Crippen molar-refractivity contribution >= 4 is 11.4 Å². The van der Waals surface area contributed by atoms with Crippen molar-refractivity contribution in [2.75, 3.05) is 11.4 Å². The molecule has 0 aliphatic rings. The lowest BCUT2D eigenvalue weighted by molar-refractivity contribution is 0.613. The fourth-order valence-electron chi connectivity index (χ4n) is 2.57. The molecule has 21 heavy (non-hydrogen) atoms. The van der Waals surface area contributed by atoms with E-state index in [1.807, 2.05) is 19.1 Å². The molecule has 2 rings (SSSR count). The normalized spacial score (nSPS) is 12.3. The molecule has 0 aliphatic carbocycles. The van der Waals surface area contributed by atoms with Gasteiger partial charge in [0.25, 0.3) is 0 Å². The van der Waals surface area contributed by atoms with Crippen LogP contribution in [0.15, 0.2) is 36.4 Å². The molecular weight excluding hydrogens is 263 g/mol. The van der Waals surface area contributed by atoms with Crippen LogP contribution in [0.3, 0.4) is 0 Å². The van der Waals surface area contributed by atoms with Gasteiger partial charge in [0, 0.05) is 24.0 Å². The van der Waals surface area contributed by atoms with Gasteiger partial charge in [0.1, 0.15) is 5.82 Å². The molecule has 0 aliphatic heterocycles. The smallest absolute Gasteiger partial charge is 0.126 e. The third kappa shape index (κ3) is 3.24. The van der Waals surface area contributed by atoms with E-state index in [0.29, 0.717) is 5.56 Å². The first-order valence-electron chi connectivity index (χ1n) is 7.33. The number of hydrogen-bond donors (Lipinski definition) is 1. The quantitative estimate of drug-likeness (QED) is 0.888. The Bertz CT molecular complexity index is 635. The van der Waals surface area contributed by atoms with Gasteiger partial charge in [0.15, 0.2) is 0 Å². The number of nitrogens with two attached hydrogens (primary N) is 1. The van der Waals surface area contributed by atoms with E-state index in [1.54, 1.807) is 13.0 Å². The topological polar surface area (TPSA) is 29.3 Å². The molecule has 2 nitrogen and oxygen atoms in total. The average molecular weight is 286 g/mol. The molecule has 0 radical (unpaired) electrons. The number of anilines is 2. The van der Waals surface area contributed by atoms with Crippen molar-refractivity contribution in [3.63, 3.8) is 0 Å². The van der Waals surface area contributed by atoms with Crippen LogP contribution < -0.4 is 10.6 Å². The van der Waals surface area contributed by atoms with E-state index in [1.165, 1.54) is 5.56 Å². The van der Waals surface area contributed by atoms with Crippen molar-refractivity contribution in [3.05, 3.63) is 58.9 Å². The number of hydrogen-bond acceptors (Lipinski definition) is 2. The first kappa shape index (κ1) is 15.5. The minimum absolute atomic E-state index is 0.202. The Hall–Kier alpha value is -1.87. The summed E-state index contributed by atoms with van der Waals surface area (Å²) in [7, 11) is 0. The van der Waals surface area contributed by atoms with E-state index >= 15 is 0 Å². The van der Waals surface area contributed by atoms with E-state index in [2.05, 4.69) is 36.9 Å². The van der Waals surface area contributed by atoms with Crippen LogP contribution in [0.1, 0.15) is 36.6 Å². The summed E-state index contributed by atoms with van der Waals surface area (Å²) < 4.78 is 13.9. The molecule has 0 spiro atoms. The second kappa shape index (κ2) is 6.27. The summed E-state index contributed by atoms with van der Waals surface area (Å²) in [5.41, 5.74) is 10.8. The van der Waals surface area contributed by atoms with Crippen molar-refractivity contribution in [1.29, 1.82) is 0 Å². The van der Waals surface area contributed by atoms with Gasteiger partial charge >= 0.3 is 0 Å². The summed E-state index contributed by atoms with van der Waals surface area (Å²) in [5.74, 6) is -0.202. The lowest BCUT2D eigenvalue weighted by Crippen LogP contribution is -2.20. The van der Waals surface area contributed by atoms with Gasteiger partial charge in [-0.05, 0) is 68.7 Å². The molecule has 1 unspecified atom stereocenters. The van der Waals surface area contributed by atoms with E-state index in [0.717, 1.165) is 23.5 Å². The third-order valence-electron chi connectivity index (χ3n) is 3.72. The first-order chi connectivity index (χ1) is 9.93. The van der Waals surface area contributed by atoms with Crippen molar-refractivity contribution in [3.8, 4) is 0 Å². The maximum absolute atomic E-state index is 13.9. The molecule has 0 bridgehead atoms. The molecule has 0 heterocycles. The minimum Gasteiger partial charge on any atom is -0.341 e. The lowest BCUT2D eigenvalue weighted by Gasteiger charge is -2.28. The molecule has 0 amide bonds. The minimum atomic E-state index is -0.214. The summed E-state index contributed by atoms with van der Waals surface area (Å²) in [6, 6.07) is 11.5. The number of rotatable bonds is 4. The molecule has 0 saturated carbocycles. The Labute approximate surface area is 126 Å². The van der Waals surface area contributed by atoms with Gasteiger partial charge in [-0.1, -0.05) is 12.1 Å². The second-order valence-electron chi connectivity index (χ2n) is 5.53. The van der Waals surface area contributed by atoms with Crippen LogP contribution in [-0.2, 0) is 0 Å². The molecule has 0 saturated heterocycles. The second-order valence-corrected chi connectivity index (χ2v) is 5.53. The third-order valence-corrected chi connectivity index (χ3v) is 3.72. The highest BCUT2D eigenvalue weighted by molar-refractivity contribution is 5.68. The lowest BCUT2D eigenvalue weighted by atomic mass is 10.0. The molecule has 3 heteroatoms. The average Bonchev–Trinajstić information content (AvgIpc) is 2.43. The van der Waals surface area contributed by atoms with Gasteiger partial charge in [-0.2, -0.15) is 0 Å². The maximum atomic E-state index is 13.9. The highest BCUT2D eigenvalue weighted by atomic mass is 19.1. The number of nitrogens with zero attached hydrogens (tertiary/aromatic N) is 1. The van der Waals surface area contributed by atoms with Gasteiger partial charge in [-0.25, -0.2) is 4.39 Å². The SMILES string of the molecule is CCN(c1cccc(C)c1)c1cc(C)c(F)cc1C(C)N. The Balaban J connectivity index is 2.59. The van der Waals surface area contributed by atoms with Gasteiger partial charge in [-0.3, -0.25) is 0 Å². The largest absolute Gasteiger partial charge is 0.341 e. The summed E-state index contributed by atoms with van der Waals surface area (Å²) in [6.07, 6.45) is 0. The molecule has 112 valence electrons. The molecule has 0 aromatic heterocycles. The zero-order valence-corrected chi connectivity index (χ0v) is 13.2. The van der Waals surface area contributed by atoms with Crippen LogP contribution in [0.4, 0.5) is 15.8 Å². The van der Waals surface area contributed by atoms with Crippen LogP contribution in [0.25, 0.3) is 0 Å². The molecule has 2 aromatic rings. The number of aryl methyl sites for hydroxylation is 2. The fraction of sp³-hybridized carbons (Fsp3) is 0.333. The summed E-state index contributed by atoms with van der Waals surface area (Å²) in [4.78, 5) is 2.18. The Kier molecular flexibility index (Phi) is 4.63. The Morgan fingerprint density at radius 2 is 1.90 bits per heavy atom. The van der Waals surface area contributed by atoms with Crippen LogP contribution in [0.5, 0.6) is 0 Å². The fourth-order valence-corrected chi connectivity index (χ4v) is 2.57. The summed E-state index contributed by atoms with van der Waals surface area (Å²) >= 11 is 0. The van der Waals surface area contributed by atoms with Gasteiger partial charge in [0.2, 0.25) is 0 Å². The highest BCUT2D eigenvalue weighted by Gasteiger charge is 2.17. The van der Waals surface area contributed by atoms with E-state index in [4.69, 9.17) is 5.73 Å². The van der Waals surface area contributed by atoms with E-state index in [-0.39, 0.29) is 11.9 Å². The summed E-state index contributed by atoms with van der Waals surface area (Å²) in [5, 5.41) is 0. The molecule has 2 aromatic carbocycles. The monoisotopic (exact) mass is 286 g/mol. The van der Waals surface area contributed by atoms with Crippen molar-refractivity contribution in [2.45, 2.75) is 33.7 Å².